The van der Waals surface area contributed by atoms with Crippen LogP contribution in [0.3, 0.4) is 0 Å². The van der Waals surface area contributed by atoms with Crippen LogP contribution in [-0.2, 0) is 0 Å². The van der Waals surface area contributed by atoms with E-state index < -0.39 is 0 Å². The summed E-state index contributed by atoms with van der Waals surface area (Å²) in [4.78, 5) is 0. The maximum Gasteiger partial charge on any atom is 0.115 e. The van der Waals surface area contributed by atoms with Crippen molar-refractivity contribution in [3.05, 3.63) is 59.7 Å². The first-order chi connectivity index (χ1) is 9.91. The standard InChI is InChI=1S/C18H22O3/c1-18(2,12-19)11-17(13-3-7-15(20)8-4-13)14-5-9-16(21)10-6-14/h3-10,17,19-21H,11-12H2,1-2H3. The SMILES string of the molecule is CC(C)(CO)CC(c1ccc(O)cc1)c1ccc(O)cc1. The average molecular weight is 286 g/mol. The van der Waals surface area contributed by atoms with Crippen LogP contribution in [0, 0.1) is 5.41 Å². The lowest BCUT2D eigenvalue weighted by molar-refractivity contribution is 0.145. The van der Waals surface area contributed by atoms with Crippen molar-refractivity contribution in [2.45, 2.75) is 26.2 Å². The van der Waals surface area contributed by atoms with Crippen LogP contribution in [-0.4, -0.2) is 21.9 Å². The van der Waals surface area contributed by atoms with Crippen LogP contribution < -0.4 is 0 Å². The summed E-state index contributed by atoms with van der Waals surface area (Å²) in [5.41, 5.74) is 1.96. The Morgan fingerprint density at radius 1 is 0.810 bits per heavy atom. The minimum absolute atomic E-state index is 0.105. The molecular formula is C18H22O3. The fraction of sp³-hybridized carbons (Fsp3) is 0.333. The molecule has 0 bridgehead atoms. The number of aromatic hydroxyl groups is 2. The third-order valence-electron chi connectivity index (χ3n) is 3.78. The molecule has 0 heterocycles. The van der Waals surface area contributed by atoms with E-state index in [9.17, 15) is 15.3 Å². The minimum Gasteiger partial charge on any atom is -0.508 e. The molecule has 0 aliphatic heterocycles. The van der Waals surface area contributed by atoms with Gasteiger partial charge in [-0.15, -0.1) is 0 Å². The number of benzene rings is 2. The van der Waals surface area contributed by atoms with Gasteiger partial charge in [-0.3, -0.25) is 0 Å². The summed E-state index contributed by atoms with van der Waals surface area (Å²) < 4.78 is 0. The highest BCUT2D eigenvalue weighted by Crippen LogP contribution is 2.37. The lowest BCUT2D eigenvalue weighted by atomic mass is 9.77. The van der Waals surface area contributed by atoms with Gasteiger partial charge in [0.1, 0.15) is 11.5 Å². The highest BCUT2D eigenvalue weighted by molar-refractivity contribution is 5.37. The van der Waals surface area contributed by atoms with Crippen molar-refractivity contribution in [1.29, 1.82) is 0 Å². The molecular weight excluding hydrogens is 264 g/mol. The summed E-state index contributed by atoms with van der Waals surface area (Å²) in [6.45, 7) is 4.17. The third-order valence-corrected chi connectivity index (χ3v) is 3.78. The van der Waals surface area contributed by atoms with E-state index in [-0.39, 0.29) is 29.4 Å². The van der Waals surface area contributed by atoms with E-state index in [4.69, 9.17) is 0 Å². The van der Waals surface area contributed by atoms with Crippen molar-refractivity contribution < 1.29 is 15.3 Å². The van der Waals surface area contributed by atoms with Gasteiger partial charge in [-0.1, -0.05) is 38.1 Å². The van der Waals surface area contributed by atoms with Crippen LogP contribution in [0.25, 0.3) is 0 Å². The van der Waals surface area contributed by atoms with Crippen molar-refractivity contribution in [3.63, 3.8) is 0 Å². The zero-order valence-corrected chi connectivity index (χ0v) is 12.5. The van der Waals surface area contributed by atoms with Gasteiger partial charge in [-0.2, -0.15) is 0 Å². The molecule has 3 N–H and O–H groups in total. The smallest absolute Gasteiger partial charge is 0.115 e. The first-order valence-corrected chi connectivity index (χ1v) is 7.10. The average Bonchev–Trinajstić information content (AvgIpc) is 2.47. The number of aliphatic hydroxyl groups is 1. The van der Waals surface area contributed by atoms with Crippen LogP contribution in [0.5, 0.6) is 11.5 Å². The molecule has 0 saturated heterocycles. The van der Waals surface area contributed by atoms with E-state index >= 15 is 0 Å². The van der Waals surface area contributed by atoms with Gasteiger partial charge < -0.3 is 15.3 Å². The maximum atomic E-state index is 9.54. The highest BCUT2D eigenvalue weighted by Gasteiger charge is 2.25. The Hall–Kier alpha value is -2.00. The van der Waals surface area contributed by atoms with Crippen LogP contribution in [0.15, 0.2) is 48.5 Å². The summed E-state index contributed by atoms with van der Waals surface area (Å²) in [6.07, 6.45) is 0.777. The van der Waals surface area contributed by atoms with Gasteiger partial charge in [0.25, 0.3) is 0 Å². The molecule has 2 aromatic carbocycles. The molecule has 0 unspecified atom stereocenters. The number of hydrogen-bond donors (Lipinski definition) is 3. The molecule has 0 radical (unpaired) electrons. The van der Waals surface area contributed by atoms with Crippen molar-refractivity contribution in [2.75, 3.05) is 6.61 Å². The van der Waals surface area contributed by atoms with Crippen LogP contribution in [0.2, 0.25) is 0 Å². The summed E-state index contributed by atoms with van der Waals surface area (Å²) in [6, 6.07) is 14.3. The summed E-state index contributed by atoms with van der Waals surface area (Å²) in [5.74, 6) is 0.586. The number of phenols is 2. The zero-order valence-electron chi connectivity index (χ0n) is 12.5. The summed E-state index contributed by atoms with van der Waals surface area (Å²) in [7, 11) is 0. The summed E-state index contributed by atoms with van der Waals surface area (Å²) >= 11 is 0. The monoisotopic (exact) mass is 286 g/mol. The Kier molecular flexibility index (Phi) is 4.53. The lowest BCUT2D eigenvalue weighted by Gasteiger charge is -2.28. The normalized spacial score (nSPS) is 11.8. The van der Waals surface area contributed by atoms with Crippen molar-refractivity contribution >= 4 is 0 Å². The largest absolute Gasteiger partial charge is 0.508 e. The molecule has 0 aromatic heterocycles. The second-order valence-corrected chi connectivity index (χ2v) is 6.26. The maximum absolute atomic E-state index is 9.54. The van der Waals surface area contributed by atoms with Gasteiger partial charge in [-0.05, 0) is 47.2 Å². The number of aliphatic hydroxyl groups excluding tert-OH is 1. The van der Waals surface area contributed by atoms with Crippen LogP contribution >= 0.6 is 0 Å². The molecule has 0 atom stereocenters. The highest BCUT2D eigenvalue weighted by atomic mass is 16.3. The molecule has 0 spiro atoms. The first kappa shape index (κ1) is 15.4. The molecule has 0 amide bonds. The Labute approximate surface area is 125 Å². The fourth-order valence-corrected chi connectivity index (χ4v) is 2.46. The third kappa shape index (κ3) is 3.99. The summed E-state index contributed by atoms with van der Waals surface area (Å²) in [5, 5.41) is 28.4. The van der Waals surface area contributed by atoms with Crippen molar-refractivity contribution in [3.8, 4) is 11.5 Å². The predicted octanol–water partition coefficient (Wildman–Crippen LogP) is 3.64. The molecule has 0 aliphatic carbocycles. The quantitative estimate of drug-likeness (QED) is 0.786. The van der Waals surface area contributed by atoms with Crippen LogP contribution in [0.4, 0.5) is 0 Å². The van der Waals surface area contributed by atoms with Gasteiger partial charge >= 0.3 is 0 Å². The Bertz CT molecular complexity index is 525. The van der Waals surface area contributed by atoms with E-state index in [1.807, 2.05) is 38.1 Å². The lowest BCUT2D eigenvalue weighted by Crippen LogP contribution is -2.21. The van der Waals surface area contributed by atoms with E-state index in [1.165, 1.54) is 0 Å². The molecule has 3 heteroatoms. The minimum atomic E-state index is -0.208. The van der Waals surface area contributed by atoms with Gasteiger partial charge in [-0.25, -0.2) is 0 Å². The van der Waals surface area contributed by atoms with E-state index in [1.54, 1.807) is 24.3 Å². The predicted molar refractivity (Wildman–Crippen MR) is 83.5 cm³/mol. The van der Waals surface area contributed by atoms with Crippen molar-refractivity contribution in [1.82, 2.24) is 0 Å². The molecule has 21 heavy (non-hydrogen) atoms. The van der Waals surface area contributed by atoms with E-state index in [2.05, 4.69) is 0 Å². The molecule has 112 valence electrons. The second kappa shape index (κ2) is 6.19. The van der Waals surface area contributed by atoms with Gasteiger partial charge in [0, 0.05) is 12.5 Å². The Morgan fingerprint density at radius 2 is 1.19 bits per heavy atom. The zero-order chi connectivity index (χ0) is 15.5. The van der Waals surface area contributed by atoms with Gasteiger partial charge in [0.2, 0.25) is 0 Å². The molecule has 2 rings (SSSR count). The number of rotatable bonds is 5. The Balaban J connectivity index is 2.38. The fourth-order valence-electron chi connectivity index (χ4n) is 2.46. The van der Waals surface area contributed by atoms with Crippen LogP contribution in [0.1, 0.15) is 37.3 Å². The van der Waals surface area contributed by atoms with Gasteiger partial charge in [0.15, 0.2) is 0 Å². The van der Waals surface area contributed by atoms with Crippen molar-refractivity contribution in [2.24, 2.45) is 5.41 Å². The second-order valence-electron chi connectivity index (χ2n) is 6.26. The van der Waals surface area contributed by atoms with E-state index in [0.717, 1.165) is 17.5 Å². The molecule has 0 fully saturated rings. The first-order valence-electron chi connectivity index (χ1n) is 7.10. The molecule has 0 saturated carbocycles. The van der Waals surface area contributed by atoms with Gasteiger partial charge in [0.05, 0.1) is 0 Å². The van der Waals surface area contributed by atoms with E-state index in [0.29, 0.717) is 0 Å². The Morgan fingerprint density at radius 3 is 1.52 bits per heavy atom. The molecule has 0 aliphatic rings. The molecule has 3 nitrogen and oxygen atoms in total. The number of phenolic OH excluding ortho intramolecular Hbond substituents is 2. The number of hydrogen-bond acceptors (Lipinski definition) is 3. The topological polar surface area (TPSA) is 60.7 Å². The molecule has 2 aromatic rings.